The van der Waals surface area contributed by atoms with E-state index in [1.165, 1.54) is 23.4 Å². The van der Waals surface area contributed by atoms with Crippen molar-refractivity contribution in [1.82, 2.24) is 9.97 Å². The third kappa shape index (κ3) is 1.15. The van der Waals surface area contributed by atoms with E-state index in [9.17, 15) is 0 Å². The molecule has 0 unspecified atom stereocenters. The van der Waals surface area contributed by atoms with Gasteiger partial charge >= 0.3 is 0 Å². The molecule has 0 atom stereocenters. The zero-order valence-corrected chi connectivity index (χ0v) is 7.96. The van der Waals surface area contributed by atoms with Crippen molar-refractivity contribution in [3.8, 4) is 11.4 Å². The summed E-state index contributed by atoms with van der Waals surface area (Å²) in [7, 11) is 0. The summed E-state index contributed by atoms with van der Waals surface area (Å²) < 4.78 is 0. The molecule has 0 amide bonds. The summed E-state index contributed by atoms with van der Waals surface area (Å²) >= 11 is 0. The Labute approximate surface area is 83.0 Å². The van der Waals surface area contributed by atoms with Crippen molar-refractivity contribution in [2.75, 3.05) is 0 Å². The number of rotatable bonds is 1. The lowest BCUT2D eigenvalue weighted by atomic mass is 10.2. The SMILES string of the molecule is c1ccc(-c2nc3c([nH]2)CCC3)cc1. The number of nitrogens with zero attached hydrogens (tertiary/aromatic N) is 1. The van der Waals surface area contributed by atoms with E-state index in [4.69, 9.17) is 0 Å². The molecule has 0 fully saturated rings. The fourth-order valence-corrected chi connectivity index (χ4v) is 2.02. The molecule has 0 spiro atoms. The lowest BCUT2D eigenvalue weighted by Crippen LogP contribution is -1.83. The third-order valence-corrected chi connectivity index (χ3v) is 2.75. The van der Waals surface area contributed by atoms with Gasteiger partial charge in [0.25, 0.3) is 0 Å². The second kappa shape index (κ2) is 2.98. The smallest absolute Gasteiger partial charge is 0.137 e. The highest BCUT2D eigenvalue weighted by Gasteiger charge is 2.15. The highest BCUT2D eigenvalue weighted by molar-refractivity contribution is 5.55. The van der Waals surface area contributed by atoms with Gasteiger partial charge in [-0.2, -0.15) is 0 Å². The summed E-state index contributed by atoms with van der Waals surface area (Å²) in [6.45, 7) is 0. The maximum absolute atomic E-state index is 4.61. The molecule has 0 bridgehead atoms. The number of nitrogens with one attached hydrogen (secondary N) is 1. The second-order valence-electron chi connectivity index (χ2n) is 3.73. The van der Waals surface area contributed by atoms with Crippen molar-refractivity contribution in [2.45, 2.75) is 19.3 Å². The van der Waals surface area contributed by atoms with Gasteiger partial charge in [-0.25, -0.2) is 4.98 Å². The van der Waals surface area contributed by atoms with Crippen molar-refractivity contribution >= 4 is 0 Å². The molecule has 1 heterocycles. The zero-order valence-electron chi connectivity index (χ0n) is 7.96. The number of fused-ring (bicyclic) bond motifs is 1. The third-order valence-electron chi connectivity index (χ3n) is 2.75. The van der Waals surface area contributed by atoms with Gasteiger partial charge in [-0.15, -0.1) is 0 Å². The van der Waals surface area contributed by atoms with Crippen LogP contribution in [0.4, 0.5) is 0 Å². The van der Waals surface area contributed by atoms with Crippen LogP contribution >= 0.6 is 0 Å². The molecule has 2 nitrogen and oxygen atoms in total. The van der Waals surface area contributed by atoms with E-state index in [1.807, 2.05) is 18.2 Å². The first-order valence-corrected chi connectivity index (χ1v) is 5.07. The van der Waals surface area contributed by atoms with Crippen LogP contribution in [0.15, 0.2) is 30.3 Å². The van der Waals surface area contributed by atoms with Gasteiger partial charge in [0.2, 0.25) is 0 Å². The predicted molar refractivity (Wildman–Crippen MR) is 56.0 cm³/mol. The monoisotopic (exact) mass is 184 g/mol. The minimum atomic E-state index is 1.02. The number of aromatic nitrogens is 2. The number of hydrogen-bond donors (Lipinski definition) is 1. The molecule has 3 rings (SSSR count). The fraction of sp³-hybridized carbons (Fsp3) is 0.250. The van der Waals surface area contributed by atoms with E-state index < -0.39 is 0 Å². The highest BCUT2D eigenvalue weighted by atomic mass is 14.9. The fourth-order valence-electron chi connectivity index (χ4n) is 2.02. The Morgan fingerprint density at radius 2 is 1.93 bits per heavy atom. The molecule has 2 aromatic rings. The van der Waals surface area contributed by atoms with Gasteiger partial charge in [0.15, 0.2) is 0 Å². The average molecular weight is 184 g/mol. The van der Waals surface area contributed by atoms with Crippen molar-refractivity contribution in [3.63, 3.8) is 0 Å². The zero-order chi connectivity index (χ0) is 9.38. The Kier molecular flexibility index (Phi) is 1.66. The molecule has 2 heteroatoms. The number of aryl methyl sites for hydroxylation is 2. The lowest BCUT2D eigenvalue weighted by Gasteiger charge is -1.95. The van der Waals surface area contributed by atoms with Crippen LogP contribution in [-0.4, -0.2) is 9.97 Å². The Morgan fingerprint density at radius 1 is 1.07 bits per heavy atom. The quantitative estimate of drug-likeness (QED) is 0.725. The highest BCUT2D eigenvalue weighted by Crippen LogP contribution is 2.23. The van der Waals surface area contributed by atoms with Gasteiger partial charge in [0.05, 0.1) is 5.69 Å². The van der Waals surface area contributed by atoms with Crippen LogP contribution in [0.2, 0.25) is 0 Å². The van der Waals surface area contributed by atoms with E-state index in [2.05, 4.69) is 22.1 Å². The number of hydrogen-bond acceptors (Lipinski definition) is 1. The molecule has 1 aliphatic rings. The summed E-state index contributed by atoms with van der Waals surface area (Å²) in [5.74, 6) is 1.02. The predicted octanol–water partition coefficient (Wildman–Crippen LogP) is 2.57. The molecule has 14 heavy (non-hydrogen) atoms. The van der Waals surface area contributed by atoms with Crippen molar-refractivity contribution in [3.05, 3.63) is 41.7 Å². The molecular formula is C12H12N2. The van der Waals surface area contributed by atoms with Crippen LogP contribution in [0.5, 0.6) is 0 Å². The maximum Gasteiger partial charge on any atom is 0.137 e. The van der Waals surface area contributed by atoms with E-state index in [0.717, 1.165) is 18.7 Å². The van der Waals surface area contributed by atoms with E-state index in [0.29, 0.717) is 0 Å². The topological polar surface area (TPSA) is 28.7 Å². The van der Waals surface area contributed by atoms with E-state index in [1.54, 1.807) is 0 Å². The molecule has 0 aliphatic heterocycles. The standard InChI is InChI=1S/C12H12N2/c1-2-5-9(6-3-1)12-13-10-7-4-8-11(10)14-12/h1-3,5-6H,4,7-8H2,(H,13,14). The van der Waals surface area contributed by atoms with Gasteiger partial charge in [0.1, 0.15) is 5.82 Å². The minimum Gasteiger partial charge on any atom is -0.342 e. The van der Waals surface area contributed by atoms with Crippen LogP contribution in [0.25, 0.3) is 11.4 Å². The molecular weight excluding hydrogens is 172 g/mol. The molecule has 0 saturated heterocycles. The Bertz CT molecular complexity index is 421. The molecule has 1 aromatic carbocycles. The first-order valence-electron chi connectivity index (χ1n) is 5.07. The average Bonchev–Trinajstić information content (AvgIpc) is 2.78. The molecule has 1 N–H and O–H groups in total. The number of H-pyrrole nitrogens is 1. The van der Waals surface area contributed by atoms with E-state index >= 15 is 0 Å². The first-order chi connectivity index (χ1) is 6.93. The van der Waals surface area contributed by atoms with Crippen LogP contribution in [0, 0.1) is 0 Å². The van der Waals surface area contributed by atoms with Crippen LogP contribution in [-0.2, 0) is 12.8 Å². The minimum absolute atomic E-state index is 1.02. The Hall–Kier alpha value is -1.57. The largest absolute Gasteiger partial charge is 0.342 e. The summed E-state index contributed by atoms with van der Waals surface area (Å²) in [6.07, 6.45) is 3.55. The van der Waals surface area contributed by atoms with Crippen molar-refractivity contribution < 1.29 is 0 Å². The van der Waals surface area contributed by atoms with E-state index in [-0.39, 0.29) is 0 Å². The van der Waals surface area contributed by atoms with Gasteiger partial charge in [-0.05, 0) is 19.3 Å². The number of imidazole rings is 1. The number of benzene rings is 1. The van der Waals surface area contributed by atoms with Crippen LogP contribution < -0.4 is 0 Å². The summed E-state index contributed by atoms with van der Waals surface area (Å²) in [4.78, 5) is 8.00. The summed E-state index contributed by atoms with van der Waals surface area (Å²) in [6, 6.07) is 10.3. The molecule has 70 valence electrons. The summed E-state index contributed by atoms with van der Waals surface area (Å²) in [5, 5.41) is 0. The van der Waals surface area contributed by atoms with Crippen molar-refractivity contribution in [1.29, 1.82) is 0 Å². The molecule has 1 aromatic heterocycles. The Balaban J connectivity index is 2.06. The summed E-state index contributed by atoms with van der Waals surface area (Å²) in [5.41, 5.74) is 3.79. The second-order valence-corrected chi connectivity index (χ2v) is 3.73. The maximum atomic E-state index is 4.61. The van der Waals surface area contributed by atoms with Crippen molar-refractivity contribution in [2.24, 2.45) is 0 Å². The van der Waals surface area contributed by atoms with Gasteiger partial charge in [-0.3, -0.25) is 0 Å². The normalized spacial score (nSPS) is 14.3. The van der Waals surface area contributed by atoms with Gasteiger partial charge in [-0.1, -0.05) is 30.3 Å². The Morgan fingerprint density at radius 3 is 2.71 bits per heavy atom. The first kappa shape index (κ1) is 7.80. The van der Waals surface area contributed by atoms with Crippen LogP contribution in [0.3, 0.4) is 0 Å². The molecule has 1 aliphatic carbocycles. The van der Waals surface area contributed by atoms with Gasteiger partial charge in [0, 0.05) is 11.3 Å². The van der Waals surface area contributed by atoms with Crippen LogP contribution in [0.1, 0.15) is 17.8 Å². The number of aromatic amines is 1. The van der Waals surface area contributed by atoms with Gasteiger partial charge < -0.3 is 4.98 Å². The lowest BCUT2D eigenvalue weighted by molar-refractivity contribution is 0.878. The molecule has 0 radical (unpaired) electrons. The molecule has 0 saturated carbocycles.